The number of carbonyl (C=O) groups is 2. The summed E-state index contributed by atoms with van der Waals surface area (Å²) in [6, 6.07) is 19.9. The van der Waals surface area contributed by atoms with Crippen molar-refractivity contribution >= 4 is 11.8 Å². The van der Waals surface area contributed by atoms with E-state index < -0.39 is 0 Å². The molecular weight excluding hydrogens is 374 g/mol. The third-order valence-electron chi connectivity index (χ3n) is 6.10. The Labute approximate surface area is 180 Å². The van der Waals surface area contributed by atoms with Gasteiger partial charge in [0.1, 0.15) is 0 Å². The van der Waals surface area contributed by atoms with Crippen LogP contribution in [0.15, 0.2) is 60.7 Å². The van der Waals surface area contributed by atoms with Crippen LogP contribution in [-0.2, 0) is 0 Å². The van der Waals surface area contributed by atoms with Crippen LogP contribution in [0.2, 0.25) is 0 Å². The molecule has 2 aromatic carbocycles. The van der Waals surface area contributed by atoms with Gasteiger partial charge in [0.15, 0.2) is 5.78 Å². The Morgan fingerprint density at radius 2 is 1.53 bits per heavy atom. The average molecular weight is 408 g/mol. The van der Waals surface area contributed by atoms with Crippen LogP contribution in [0.25, 0.3) is 0 Å². The van der Waals surface area contributed by atoms with E-state index >= 15 is 0 Å². The van der Waals surface area contributed by atoms with Crippen molar-refractivity contribution in [3.63, 3.8) is 0 Å². The highest BCUT2D eigenvalue weighted by Crippen LogP contribution is 2.23. The van der Waals surface area contributed by atoms with E-state index in [0.29, 0.717) is 19.6 Å². The van der Waals surface area contributed by atoms with Gasteiger partial charge in [-0.15, -0.1) is 0 Å². The van der Waals surface area contributed by atoms with Crippen LogP contribution in [0.4, 0.5) is 4.79 Å². The average Bonchev–Trinajstić information content (AvgIpc) is 2.82. The van der Waals surface area contributed by atoms with Gasteiger partial charge in [0.05, 0.1) is 6.04 Å². The minimum Gasteiger partial charge on any atom is -0.336 e. The third kappa shape index (κ3) is 5.48. The lowest BCUT2D eigenvalue weighted by Crippen LogP contribution is -2.47. The molecule has 3 rings (SSSR count). The van der Waals surface area contributed by atoms with Crippen molar-refractivity contribution < 1.29 is 9.59 Å². The molecule has 2 amide bonds. The molecule has 0 spiro atoms. The highest BCUT2D eigenvalue weighted by Gasteiger charge is 2.28. The zero-order valence-corrected chi connectivity index (χ0v) is 18.1. The van der Waals surface area contributed by atoms with Crippen LogP contribution in [0.1, 0.15) is 48.7 Å². The van der Waals surface area contributed by atoms with Gasteiger partial charge in [0, 0.05) is 31.1 Å². The minimum atomic E-state index is -0.0336. The van der Waals surface area contributed by atoms with Gasteiger partial charge in [0.2, 0.25) is 0 Å². The van der Waals surface area contributed by atoms with E-state index in [1.54, 1.807) is 0 Å². The number of carbonyl (C=O) groups excluding carboxylic acids is 2. The summed E-state index contributed by atoms with van der Waals surface area (Å²) >= 11 is 0. The molecule has 0 aromatic heterocycles. The number of likely N-dealkylation sites (tertiary alicyclic amines) is 1. The van der Waals surface area contributed by atoms with Crippen molar-refractivity contribution in [2.75, 3.05) is 32.7 Å². The number of likely N-dealkylation sites (N-methyl/N-ethyl adjacent to an activating group) is 1. The number of nitrogens with one attached hydrogen (secondary N) is 1. The summed E-state index contributed by atoms with van der Waals surface area (Å²) in [5.41, 5.74) is 1.99. The first-order valence-electron chi connectivity index (χ1n) is 11.0. The van der Waals surface area contributed by atoms with E-state index in [9.17, 15) is 9.59 Å². The molecule has 1 unspecified atom stereocenters. The van der Waals surface area contributed by atoms with Crippen LogP contribution in [-0.4, -0.2) is 54.3 Å². The molecule has 0 saturated carbocycles. The largest absolute Gasteiger partial charge is 0.336 e. The minimum absolute atomic E-state index is 0.00388. The van der Waals surface area contributed by atoms with Gasteiger partial charge in [-0.25, -0.2) is 4.79 Å². The van der Waals surface area contributed by atoms with Crippen molar-refractivity contribution in [3.05, 3.63) is 71.8 Å². The summed E-state index contributed by atoms with van der Waals surface area (Å²) in [6.45, 7) is 7.98. The number of nitrogens with zero attached hydrogens (tertiary/aromatic N) is 2. The first kappa shape index (κ1) is 22.0. The SMILES string of the molecule is CCN(CC)C(CNC(=O)N1CCC(C(=O)c2ccccc2)CC1)c1ccccc1. The number of benzene rings is 2. The van der Waals surface area contributed by atoms with Crippen molar-refractivity contribution in [2.45, 2.75) is 32.7 Å². The number of hydrogen-bond acceptors (Lipinski definition) is 3. The second-order valence-corrected chi connectivity index (χ2v) is 7.83. The molecule has 5 heteroatoms. The second kappa shape index (κ2) is 10.9. The fourth-order valence-corrected chi connectivity index (χ4v) is 4.28. The van der Waals surface area contributed by atoms with Crippen LogP contribution in [0, 0.1) is 5.92 Å². The van der Waals surface area contributed by atoms with Crippen molar-refractivity contribution in [2.24, 2.45) is 5.92 Å². The van der Waals surface area contributed by atoms with Gasteiger partial charge < -0.3 is 10.2 Å². The molecule has 0 radical (unpaired) electrons. The Balaban J connectivity index is 1.54. The summed E-state index contributed by atoms with van der Waals surface area (Å²) in [5, 5.41) is 3.14. The summed E-state index contributed by atoms with van der Waals surface area (Å²) in [5.74, 6) is 0.200. The first-order valence-corrected chi connectivity index (χ1v) is 11.0. The molecule has 0 bridgehead atoms. The molecule has 2 aromatic rings. The maximum Gasteiger partial charge on any atom is 0.317 e. The molecule has 1 atom stereocenters. The van der Waals surface area contributed by atoms with Crippen molar-refractivity contribution in [1.29, 1.82) is 0 Å². The molecule has 0 aliphatic carbocycles. The summed E-state index contributed by atoms with van der Waals surface area (Å²) in [6.07, 6.45) is 1.44. The lowest BCUT2D eigenvalue weighted by molar-refractivity contribution is 0.0853. The highest BCUT2D eigenvalue weighted by atomic mass is 16.2. The lowest BCUT2D eigenvalue weighted by Gasteiger charge is -2.34. The number of urea groups is 1. The van der Waals surface area contributed by atoms with Gasteiger partial charge in [-0.05, 0) is 31.5 Å². The zero-order valence-electron chi connectivity index (χ0n) is 18.1. The Bertz CT molecular complexity index is 798. The molecular formula is C25H33N3O2. The molecule has 30 heavy (non-hydrogen) atoms. The Morgan fingerprint density at radius 1 is 0.967 bits per heavy atom. The normalized spacial score (nSPS) is 15.8. The van der Waals surface area contributed by atoms with Crippen LogP contribution in [0.5, 0.6) is 0 Å². The van der Waals surface area contributed by atoms with Gasteiger partial charge in [-0.1, -0.05) is 74.5 Å². The monoisotopic (exact) mass is 407 g/mol. The van der Waals surface area contributed by atoms with E-state index in [0.717, 1.165) is 31.5 Å². The number of amides is 2. The molecule has 160 valence electrons. The molecule has 5 nitrogen and oxygen atoms in total. The van der Waals surface area contributed by atoms with E-state index in [1.165, 1.54) is 5.56 Å². The Hall–Kier alpha value is -2.66. The third-order valence-corrected chi connectivity index (χ3v) is 6.10. The number of rotatable bonds is 8. The van der Waals surface area contributed by atoms with E-state index in [1.807, 2.05) is 53.4 Å². The van der Waals surface area contributed by atoms with E-state index in [-0.39, 0.29) is 23.8 Å². The maximum atomic E-state index is 12.8. The molecule has 1 N–H and O–H groups in total. The Morgan fingerprint density at radius 3 is 2.10 bits per heavy atom. The van der Waals surface area contributed by atoms with Gasteiger partial charge in [0.25, 0.3) is 0 Å². The van der Waals surface area contributed by atoms with Crippen LogP contribution >= 0.6 is 0 Å². The molecule has 1 heterocycles. The predicted molar refractivity (Wildman–Crippen MR) is 121 cm³/mol. The molecule has 1 fully saturated rings. The molecule has 1 aliphatic rings. The molecule has 1 saturated heterocycles. The number of hydrogen-bond donors (Lipinski definition) is 1. The van der Waals surface area contributed by atoms with Crippen LogP contribution in [0.3, 0.4) is 0 Å². The zero-order chi connectivity index (χ0) is 21.3. The highest BCUT2D eigenvalue weighted by molar-refractivity contribution is 5.97. The Kier molecular flexibility index (Phi) is 8.03. The van der Waals surface area contributed by atoms with Crippen LogP contribution < -0.4 is 5.32 Å². The molecule has 1 aliphatic heterocycles. The first-order chi connectivity index (χ1) is 14.6. The quantitative estimate of drug-likeness (QED) is 0.661. The lowest BCUT2D eigenvalue weighted by atomic mass is 9.89. The van der Waals surface area contributed by atoms with E-state index in [4.69, 9.17) is 0 Å². The number of piperidine rings is 1. The van der Waals surface area contributed by atoms with Gasteiger partial charge in [-0.2, -0.15) is 0 Å². The van der Waals surface area contributed by atoms with E-state index in [2.05, 4.69) is 36.2 Å². The summed E-state index contributed by atoms with van der Waals surface area (Å²) in [7, 11) is 0. The predicted octanol–water partition coefficient (Wildman–Crippen LogP) is 4.37. The number of Topliss-reactive ketones (excluding diaryl/α,β-unsaturated/α-hetero) is 1. The van der Waals surface area contributed by atoms with Crippen molar-refractivity contribution in [1.82, 2.24) is 15.1 Å². The smallest absolute Gasteiger partial charge is 0.317 e. The number of ketones is 1. The topological polar surface area (TPSA) is 52.7 Å². The maximum absolute atomic E-state index is 12.8. The summed E-state index contributed by atoms with van der Waals surface area (Å²) < 4.78 is 0. The fraction of sp³-hybridized carbons (Fsp3) is 0.440. The second-order valence-electron chi connectivity index (χ2n) is 7.83. The standard InChI is InChI=1S/C25H33N3O2/c1-3-27(4-2)23(20-11-7-5-8-12-20)19-26-25(30)28-17-15-22(16-18-28)24(29)21-13-9-6-10-14-21/h5-14,22-23H,3-4,15-19H2,1-2H3,(H,26,30). The fourth-order valence-electron chi connectivity index (χ4n) is 4.28. The van der Waals surface area contributed by atoms with Gasteiger partial charge >= 0.3 is 6.03 Å². The summed E-state index contributed by atoms with van der Waals surface area (Å²) in [4.78, 5) is 29.7. The van der Waals surface area contributed by atoms with Crippen molar-refractivity contribution in [3.8, 4) is 0 Å². The van der Waals surface area contributed by atoms with Gasteiger partial charge in [-0.3, -0.25) is 9.69 Å².